The van der Waals surface area contributed by atoms with Crippen LogP contribution >= 0.6 is 21.6 Å². The highest BCUT2D eigenvalue weighted by Gasteiger charge is 2.33. The second-order valence-corrected chi connectivity index (χ2v) is 20.6. The van der Waals surface area contributed by atoms with Crippen LogP contribution in [-0.4, -0.2) is 99.7 Å². The van der Waals surface area contributed by atoms with Crippen LogP contribution in [0, 0.1) is 0 Å². The van der Waals surface area contributed by atoms with Gasteiger partial charge in [-0.1, -0.05) is 48.4 Å². The molecular weight excluding hydrogens is 809 g/mol. The first-order valence-electron chi connectivity index (χ1n) is 18.9. The molecule has 0 fully saturated rings. The lowest BCUT2D eigenvalue weighted by Gasteiger charge is -2.27. The van der Waals surface area contributed by atoms with Crippen molar-refractivity contribution in [2.24, 2.45) is 0 Å². The molecule has 59 heavy (non-hydrogen) atoms. The predicted molar refractivity (Wildman–Crippen MR) is 224 cm³/mol. The van der Waals surface area contributed by atoms with Crippen molar-refractivity contribution in [2.45, 2.75) is 156 Å². The number of nitrogens with one attached hydrogen (secondary N) is 4. The molecule has 1 aromatic carbocycles. The van der Waals surface area contributed by atoms with E-state index in [9.17, 15) is 38.4 Å². The van der Waals surface area contributed by atoms with Crippen molar-refractivity contribution in [1.82, 2.24) is 21.3 Å². The normalized spacial score (nSPS) is 13.4. The molecule has 4 amide bonds. The number of carbonyl (C=O) groups excluding carboxylic acids is 8. The zero-order valence-electron chi connectivity index (χ0n) is 36.6. The Morgan fingerprint density at radius 2 is 1.20 bits per heavy atom. The molecule has 0 heterocycles. The van der Waals surface area contributed by atoms with Crippen LogP contribution in [-0.2, 0) is 54.2 Å². The summed E-state index contributed by atoms with van der Waals surface area (Å²) in [5.41, 5.74) is -2.36. The van der Waals surface area contributed by atoms with Crippen LogP contribution in [0.15, 0.2) is 18.2 Å². The molecule has 17 nitrogen and oxygen atoms in total. The maximum Gasteiger partial charge on any atom is 0.408 e. The van der Waals surface area contributed by atoms with Gasteiger partial charge in [0.15, 0.2) is 11.5 Å². The zero-order valence-corrected chi connectivity index (χ0v) is 38.3. The van der Waals surface area contributed by atoms with E-state index in [1.165, 1.54) is 39.8 Å². The van der Waals surface area contributed by atoms with E-state index in [-0.39, 0.29) is 41.3 Å². The highest BCUT2D eigenvalue weighted by molar-refractivity contribution is 8.77. The SMILES string of the molecule is CC(=O)Oc1ccc(C[C@@H](NC(=O)OC(C)(C)C)C(=O)N[C@@H](CCC(=O)N[C@@H](CSSC(C)(C)C)C(=O)NCC(=O)OC(C)(C)C)C(=O)OC(C)(C)C)cc1OC(C)=O. The number of hydrogen-bond donors (Lipinski definition) is 4. The number of carbonyl (C=O) groups is 8. The Kier molecular flexibility index (Phi) is 20.2. The van der Waals surface area contributed by atoms with Crippen molar-refractivity contribution in [3.8, 4) is 11.5 Å². The van der Waals surface area contributed by atoms with Gasteiger partial charge >= 0.3 is 30.0 Å². The van der Waals surface area contributed by atoms with Crippen molar-refractivity contribution in [3.05, 3.63) is 23.8 Å². The van der Waals surface area contributed by atoms with E-state index in [1.54, 1.807) is 62.3 Å². The molecule has 0 bridgehead atoms. The van der Waals surface area contributed by atoms with E-state index in [0.717, 1.165) is 13.8 Å². The minimum absolute atomic E-state index is 0.0601. The fourth-order valence-corrected chi connectivity index (χ4v) is 7.07. The summed E-state index contributed by atoms with van der Waals surface area (Å²) in [6.07, 6.45) is -1.83. The van der Waals surface area contributed by atoms with E-state index >= 15 is 0 Å². The van der Waals surface area contributed by atoms with E-state index in [4.69, 9.17) is 23.7 Å². The van der Waals surface area contributed by atoms with Gasteiger partial charge in [0.25, 0.3) is 0 Å². The largest absolute Gasteiger partial charge is 0.459 e. The fourth-order valence-electron chi connectivity index (χ4n) is 4.61. The van der Waals surface area contributed by atoms with Gasteiger partial charge in [-0.3, -0.25) is 28.8 Å². The molecular formula is C40H62N4O13S2. The summed E-state index contributed by atoms with van der Waals surface area (Å²) in [7, 11) is 2.84. The predicted octanol–water partition coefficient (Wildman–Crippen LogP) is 4.70. The summed E-state index contributed by atoms with van der Waals surface area (Å²) >= 11 is 0. The van der Waals surface area contributed by atoms with Crippen molar-refractivity contribution in [2.75, 3.05) is 12.3 Å². The van der Waals surface area contributed by atoms with Crippen LogP contribution < -0.4 is 30.7 Å². The molecule has 1 rings (SSSR count). The van der Waals surface area contributed by atoms with Crippen LogP contribution in [0.1, 0.15) is 115 Å². The first-order valence-corrected chi connectivity index (χ1v) is 21.3. The number of amides is 4. The molecule has 332 valence electrons. The average molecular weight is 871 g/mol. The standard InChI is InChI=1S/C40H62N4O13S2/c1-23(45)53-29-17-15-25(20-30(29)54-24(2)46)19-27(44-36(52)57-39(9,10)11)34(50)43-26(35(51)56-38(6,7)8)16-18-31(47)42-28(22-58-59-40(12,13)14)33(49)41-21-32(48)55-37(3,4)5/h15,17,20,26-28H,16,18-19,21-22H2,1-14H3,(H,41,49)(H,42,47)(H,43,50)(H,44,52)/t26-,27+,28-/m0/s1. The summed E-state index contributed by atoms with van der Waals surface area (Å²) in [5, 5.41) is 10.3. The molecule has 0 aromatic heterocycles. The van der Waals surface area contributed by atoms with Crippen molar-refractivity contribution < 1.29 is 62.0 Å². The lowest BCUT2D eigenvalue weighted by Crippen LogP contribution is -2.54. The van der Waals surface area contributed by atoms with Gasteiger partial charge in [-0.05, 0) is 86.4 Å². The molecule has 19 heteroatoms. The minimum atomic E-state index is -1.41. The third kappa shape index (κ3) is 24.2. The highest BCUT2D eigenvalue weighted by Crippen LogP contribution is 2.35. The number of ether oxygens (including phenoxy) is 5. The van der Waals surface area contributed by atoms with Crippen LogP contribution in [0.25, 0.3) is 0 Å². The Labute approximate surface area is 355 Å². The summed E-state index contributed by atoms with van der Waals surface area (Å²) in [6.45, 7) is 22.7. The number of benzene rings is 1. The van der Waals surface area contributed by atoms with Gasteiger partial charge < -0.3 is 45.0 Å². The van der Waals surface area contributed by atoms with Crippen LogP contribution in [0.4, 0.5) is 4.79 Å². The van der Waals surface area contributed by atoms with Crippen LogP contribution in [0.3, 0.4) is 0 Å². The second kappa shape index (κ2) is 22.7. The third-order valence-corrected chi connectivity index (χ3v) is 10.0. The molecule has 0 aliphatic carbocycles. The lowest BCUT2D eigenvalue weighted by atomic mass is 10.0. The van der Waals surface area contributed by atoms with Gasteiger partial charge in [-0.15, -0.1) is 0 Å². The van der Waals surface area contributed by atoms with Crippen molar-refractivity contribution in [3.63, 3.8) is 0 Å². The molecule has 0 saturated carbocycles. The molecule has 0 radical (unpaired) electrons. The Hall–Kier alpha value is -4.52. The lowest BCUT2D eigenvalue weighted by molar-refractivity contribution is -0.159. The maximum atomic E-state index is 14.0. The van der Waals surface area contributed by atoms with E-state index in [2.05, 4.69) is 21.3 Å². The molecule has 0 spiro atoms. The van der Waals surface area contributed by atoms with Crippen molar-refractivity contribution in [1.29, 1.82) is 0 Å². The van der Waals surface area contributed by atoms with Crippen LogP contribution in [0.2, 0.25) is 0 Å². The Balaban J connectivity index is 3.40. The highest BCUT2D eigenvalue weighted by atomic mass is 33.1. The van der Waals surface area contributed by atoms with Gasteiger partial charge in [0.05, 0.1) is 0 Å². The topological polar surface area (TPSA) is 231 Å². The Morgan fingerprint density at radius 3 is 1.73 bits per heavy atom. The minimum Gasteiger partial charge on any atom is -0.459 e. The molecule has 0 aliphatic rings. The van der Waals surface area contributed by atoms with E-state index in [0.29, 0.717) is 5.56 Å². The number of alkyl carbamates (subject to hydrolysis) is 1. The average Bonchev–Trinajstić information content (AvgIpc) is 3.02. The summed E-state index contributed by atoms with van der Waals surface area (Å²) in [4.78, 5) is 103. The second-order valence-electron chi connectivity index (χ2n) is 17.4. The van der Waals surface area contributed by atoms with Gasteiger partial charge in [0, 0.05) is 37.2 Å². The van der Waals surface area contributed by atoms with E-state index in [1.807, 2.05) is 20.8 Å². The summed E-state index contributed by atoms with van der Waals surface area (Å²) in [5.74, 6) is -5.09. The number of esters is 4. The monoisotopic (exact) mass is 870 g/mol. The fraction of sp³-hybridized carbons (Fsp3) is 0.650. The van der Waals surface area contributed by atoms with E-state index < -0.39 is 89.2 Å². The molecule has 0 saturated heterocycles. The van der Waals surface area contributed by atoms with Gasteiger partial charge in [-0.25, -0.2) is 9.59 Å². The maximum absolute atomic E-state index is 14.0. The van der Waals surface area contributed by atoms with Crippen LogP contribution in [0.5, 0.6) is 11.5 Å². The number of rotatable bonds is 18. The first-order chi connectivity index (χ1) is 26.8. The smallest absolute Gasteiger partial charge is 0.408 e. The van der Waals surface area contributed by atoms with Gasteiger partial charge in [-0.2, -0.15) is 0 Å². The zero-order chi connectivity index (χ0) is 45.5. The molecule has 0 aliphatic heterocycles. The quantitative estimate of drug-likeness (QED) is 0.0678. The summed E-state index contributed by atoms with van der Waals surface area (Å²) < 4.78 is 26.4. The molecule has 4 N–H and O–H groups in total. The number of hydrogen-bond acceptors (Lipinski definition) is 15. The van der Waals surface area contributed by atoms with Gasteiger partial charge in [0.2, 0.25) is 17.7 Å². The third-order valence-electron chi connectivity index (χ3n) is 6.65. The van der Waals surface area contributed by atoms with Crippen molar-refractivity contribution >= 4 is 69.3 Å². The summed E-state index contributed by atoms with van der Waals surface area (Å²) in [6, 6.07) is 0.296. The molecule has 3 atom stereocenters. The molecule has 0 unspecified atom stereocenters. The van der Waals surface area contributed by atoms with Gasteiger partial charge in [0.1, 0.15) is 41.5 Å². The Bertz CT molecular complexity index is 1680. The Morgan fingerprint density at radius 1 is 0.644 bits per heavy atom. The first kappa shape index (κ1) is 52.5. The molecule has 1 aromatic rings.